The molecule has 0 atom stereocenters. The van der Waals surface area contributed by atoms with E-state index in [1.54, 1.807) is 6.20 Å². The third-order valence-electron chi connectivity index (χ3n) is 3.14. The minimum absolute atomic E-state index is 0.0630. The zero-order valence-electron chi connectivity index (χ0n) is 11.4. The molecule has 106 valence electrons. The number of carbonyl (C=O) groups is 1. The molecule has 1 aromatic carbocycles. The van der Waals surface area contributed by atoms with Crippen LogP contribution in [0.1, 0.15) is 12.6 Å². The van der Waals surface area contributed by atoms with Crippen LogP contribution in [-0.2, 0) is 11.3 Å². The number of benzene rings is 1. The molecule has 3 rings (SSSR count). The van der Waals surface area contributed by atoms with Crippen molar-refractivity contribution in [2.75, 3.05) is 0 Å². The maximum absolute atomic E-state index is 11.0. The molecule has 2 heterocycles. The molecule has 0 bridgehead atoms. The Morgan fingerprint density at radius 3 is 2.95 bits per heavy atom. The van der Waals surface area contributed by atoms with Gasteiger partial charge in [0.2, 0.25) is 5.91 Å². The first kappa shape index (κ1) is 13.6. The lowest BCUT2D eigenvalue weighted by atomic mass is 10.1. The van der Waals surface area contributed by atoms with Gasteiger partial charge >= 0.3 is 0 Å². The average Bonchev–Trinajstić information content (AvgIpc) is 2.87. The third-order valence-corrected chi connectivity index (χ3v) is 3.45. The molecule has 21 heavy (non-hydrogen) atoms. The maximum atomic E-state index is 11.0. The number of amides is 1. The monoisotopic (exact) mass is 300 g/mol. The van der Waals surface area contributed by atoms with Crippen molar-refractivity contribution in [1.29, 1.82) is 0 Å². The predicted molar refractivity (Wildman–Crippen MR) is 81.9 cm³/mol. The lowest BCUT2D eigenvalue weighted by Gasteiger charge is -2.03. The summed E-state index contributed by atoms with van der Waals surface area (Å²) in [5.41, 5.74) is 3.42. The molecule has 0 spiro atoms. The standard InChI is InChI=1S/C15H13ClN4O/c1-9(21)17-8-11-5-10-6-13(16)12(7-15(10)19-11)14-3-2-4-18-20-14/h2-7,19H,8H2,1H3,(H,17,21). The zero-order valence-corrected chi connectivity index (χ0v) is 12.1. The second-order valence-corrected chi connectivity index (χ2v) is 5.14. The number of rotatable bonds is 3. The Kier molecular flexibility index (Phi) is 3.58. The lowest BCUT2D eigenvalue weighted by Crippen LogP contribution is -2.18. The van der Waals surface area contributed by atoms with Gasteiger partial charge in [-0.25, -0.2) is 0 Å². The number of aromatic nitrogens is 3. The number of carbonyl (C=O) groups excluding carboxylic acids is 1. The molecular weight excluding hydrogens is 288 g/mol. The van der Waals surface area contributed by atoms with Crippen molar-refractivity contribution in [1.82, 2.24) is 20.5 Å². The van der Waals surface area contributed by atoms with Gasteiger partial charge in [0.15, 0.2) is 0 Å². The van der Waals surface area contributed by atoms with Gasteiger partial charge in [-0.2, -0.15) is 10.2 Å². The van der Waals surface area contributed by atoms with Gasteiger partial charge in [-0.3, -0.25) is 4.79 Å². The molecule has 0 aliphatic rings. The second-order valence-electron chi connectivity index (χ2n) is 4.73. The van der Waals surface area contributed by atoms with E-state index < -0.39 is 0 Å². The van der Waals surface area contributed by atoms with Gasteiger partial charge in [-0.05, 0) is 30.3 Å². The third kappa shape index (κ3) is 2.87. The van der Waals surface area contributed by atoms with E-state index >= 15 is 0 Å². The van der Waals surface area contributed by atoms with Crippen molar-refractivity contribution < 1.29 is 4.79 Å². The van der Waals surface area contributed by atoms with Gasteiger partial charge < -0.3 is 10.3 Å². The Balaban J connectivity index is 2.01. The van der Waals surface area contributed by atoms with Crippen molar-refractivity contribution in [2.45, 2.75) is 13.5 Å². The van der Waals surface area contributed by atoms with Crippen LogP contribution in [0.2, 0.25) is 5.02 Å². The molecule has 5 nitrogen and oxygen atoms in total. The molecule has 0 aliphatic carbocycles. The van der Waals surface area contributed by atoms with E-state index in [1.807, 2.05) is 30.3 Å². The molecule has 3 aromatic rings. The summed E-state index contributed by atoms with van der Waals surface area (Å²) in [6.07, 6.45) is 1.62. The topological polar surface area (TPSA) is 70.7 Å². The number of nitrogens with one attached hydrogen (secondary N) is 2. The number of fused-ring (bicyclic) bond motifs is 1. The molecule has 0 fully saturated rings. The molecule has 0 unspecified atom stereocenters. The van der Waals surface area contributed by atoms with Gasteiger partial charge in [0.25, 0.3) is 0 Å². The quantitative estimate of drug-likeness (QED) is 0.781. The van der Waals surface area contributed by atoms with Gasteiger partial charge in [0, 0.05) is 35.3 Å². The summed E-state index contributed by atoms with van der Waals surface area (Å²) in [5.74, 6) is -0.0630. The van der Waals surface area contributed by atoms with Crippen molar-refractivity contribution in [2.24, 2.45) is 0 Å². The molecule has 0 aliphatic heterocycles. The smallest absolute Gasteiger partial charge is 0.217 e. The maximum Gasteiger partial charge on any atom is 0.217 e. The number of nitrogens with zero attached hydrogens (tertiary/aromatic N) is 2. The largest absolute Gasteiger partial charge is 0.357 e. The van der Waals surface area contributed by atoms with Crippen LogP contribution in [0.5, 0.6) is 0 Å². The van der Waals surface area contributed by atoms with Crippen LogP contribution in [0.15, 0.2) is 36.5 Å². The summed E-state index contributed by atoms with van der Waals surface area (Å²) in [6, 6.07) is 9.48. The molecule has 0 saturated carbocycles. The number of aromatic amines is 1. The molecule has 1 amide bonds. The van der Waals surface area contributed by atoms with E-state index in [9.17, 15) is 4.79 Å². The van der Waals surface area contributed by atoms with Gasteiger partial charge in [-0.15, -0.1) is 0 Å². The van der Waals surface area contributed by atoms with Crippen molar-refractivity contribution in [3.63, 3.8) is 0 Å². The first-order valence-electron chi connectivity index (χ1n) is 6.47. The normalized spacial score (nSPS) is 10.8. The van der Waals surface area contributed by atoms with E-state index in [4.69, 9.17) is 11.6 Å². The van der Waals surface area contributed by atoms with E-state index in [0.717, 1.165) is 27.9 Å². The number of halogens is 1. The molecule has 0 radical (unpaired) electrons. The lowest BCUT2D eigenvalue weighted by molar-refractivity contribution is -0.119. The average molecular weight is 301 g/mol. The number of H-pyrrole nitrogens is 1. The van der Waals surface area contributed by atoms with Crippen LogP contribution in [0, 0.1) is 0 Å². The second kappa shape index (κ2) is 5.54. The Hall–Kier alpha value is -2.40. The summed E-state index contributed by atoms with van der Waals surface area (Å²) in [7, 11) is 0. The Bertz CT molecular complexity index is 798. The molecular formula is C15H13ClN4O. The molecule has 2 aromatic heterocycles. The van der Waals surface area contributed by atoms with E-state index in [2.05, 4.69) is 20.5 Å². The summed E-state index contributed by atoms with van der Waals surface area (Å²) >= 11 is 6.32. The minimum atomic E-state index is -0.0630. The van der Waals surface area contributed by atoms with Crippen LogP contribution in [0.3, 0.4) is 0 Å². The highest BCUT2D eigenvalue weighted by Gasteiger charge is 2.09. The van der Waals surface area contributed by atoms with Crippen molar-refractivity contribution >= 4 is 28.4 Å². The highest BCUT2D eigenvalue weighted by atomic mass is 35.5. The van der Waals surface area contributed by atoms with E-state index in [1.165, 1.54) is 6.92 Å². The van der Waals surface area contributed by atoms with Crippen LogP contribution >= 0.6 is 11.6 Å². The Labute approximate surface area is 126 Å². The summed E-state index contributed by atoms with van der Waals surface area (Å²) in [6.45, 7) is 1.95. The fraction of sp³-hybridized carbons (Fsp3) is 0.133. The van der Waals surface area contributed by atoms with E-state index in [0.29, 0.717) is 11.6 Å². The number of hydrogen-bond acceptors (Lipinski definition) is 3. The fourth-order valence-corrected chi connectivity index (χ4v) is 2.44. The fourth-order valence-electron chi connectivity index (χ4n) is 2.17. The van der Waals surface area contributed by atoms with E-state index in [-0.39, 0.29) is 5.91 Å². The van der Waals surface area contributed by atoms with Gasteiger partial charge in [0.05, 0.1) is 17.3 Å². The Morgan fingerprint density at radius 2 is 2.24 bits per heavy atom. The summed E-state index contributed by atoms with van der Waals surface area (Å²) in [4.78, 5) is 14.2. The highest BCUT2D eigenvalue weighted by molar-refractivity contribution is 6.34. The van der Waals surface area contributed by atoms with Crippen LogP contribution in [-0.4, -0.2) is 21.1 Å². The first-order chi connectivity index (χ1) is 10.1. The SMILES string of the molecule is CC(=O)NCc1cc2cc(Cl)c(-c3cccnn3)cc2[nH]1. The predicted octanol–water partition coefficient (Wildman–Crippen LogP) is 2.91. The first-order valence-corrected chi connectivity index (χ1v) is 6.85. The molecule has 6 heteroatoms. The van der Waals surface area contributed by atoms with Gasteiger partial charge in [-0.1, -0.05) is 11.6 Å². The zero-order chi connectivity index (χ0) is 14.8. The highest BCUT2D eigenvalue weighted by Crippen LogP contribution is 2.31. The van der Waals surface area contributed by atoms with Crippen molar-refractivity contribution in [3.8, 4) is 11.3 Å². The van der Waals surface area contributed by atoms with Crippen molar-refractivity contribution in [3.05, 3.63) is 47.2 Å². The van der Waals surface area contributed by atoms with Gasteiger partial charge in [0.1, 0.15) is 0 Å². The summed E-state index contributed by atoms with van der Waals surface area (Å²) in [5, 5.41) is 12.3. The molecule has 2 N–H and O–H groups in total. The molecule has 0 saturated heterocycles. The minimum Gasteiger partial charge on any atom is -0.357 e. The number of hydrogen-bond donors (Lipinski definition) is 2. The van der Waals surface area contributed by atoms with Crippen LogP contribution in [0.25, 0.3) is 22.2 Å². The van der Waals surface area contributed by atoms with Crippen LogP contribution in [0.4, 0.5) is 0 Å². The Morgan fingerprint density at radius 1 is 1.38 bits per heavy atom. The van der Waals surface area contributed by atoms with Crippen LogP contribution < -0.4 is 5.32 Å². The summed E-state index contributed by atoms with van der Waals surface area (Å²) < 4.78 is 0.